The van der Waals surface area contributed by atoms with Gasteiger partial charge in [0.2, 0.25) is 5.95 Å². The van der Waals surface area contributed by atoms with E-state index in [-0.39, 0.29) is 5.82 Å². The van der Waals surface area contributed by atoms with E-state index in [1.54, 1.807) is 18.3 Å². The molecule has 1 heterocycles. The predicted molar refractivity (Wildman–Crippen MR) is 99.2 cm³/mol. The van der Waals surface area contributed by atoms with E-state index >= 15 is 0 Å². The van der Waals surface area contributed by atoms with Crippen LogP contribution in [0.2, 0.25) is 0 Å². The average molecular weight is 336 g/mol. The van der Waals surface area contributed by atoms with Gasteiger partial charge in [-0.2, -0.15) is 4.98 Å². The van der Waals surface area contributed by atoms with E-state index in [0.29, 0.717) is 24.5 Å². The molecule has 0 aliphatic carbocycles. The zero-order valence-electron chi connectivity index (χ0n) is 14.2. The number of anilines is 2. The van der Waals surface area contributed by atoms with E-state index in [1.165, 1.54) is 11.6 Å². The molecule has 0 atom stereocenters. The maximum Gasteiger partial charge on any atom is 0.227 e. The normalized spacial score (nSPS) is 10.5. The Labute approximate surface area is 147 Å². The lowest BCUT2D eigenvalue weighted by atomic mass is 10.1. The minimum absolute atomic E-state index is 0.171. The van der Waals surface area contributed by atoms with Gasteiger partial charge >= 0.3 is 0 Å². The highest BCUT2D eigenvalue weighted by Crippen LogP contribution is 2.13. The molecule has 2 aromatic carbocycles. The molecular formula is C20H21FN4. The molecule has 0 saturated heterocycles. The summed E-state index contributed by atoms with van der Waals surface area (Å²) < 4.78 is 13.6. The highest BCUT2D eigenvalue weighted by molar-refractivity contribution is 5.41. The molecule has 25 heavy (non-hydrogen) atoms. The standard InChI is InChI=1S/C20H21FN4/c1-25(15-16-7-3-2-4-8-16)20-23-14-12-19(24-20)22-13-11-17-9-5-6-10-18(17)21/h2-10,12,14H,11,13,15H2,1H3,(H,22,23,24). The lowest BCUT2D eigenvalue weighted by Crippen LogP contribution is -2.19. The topological polar surface area (TPSA) is 41.1 Å². The van der Waals surface area contributed by atoms with Crippen molar-refractivity contribution in [3.63, 3.8) is 0 Å². The second-order valence-corrected chi connectivity index (χ2v) is 5.85. The molecule has 0 aliphatic heterocycles. The molecule has 4 nitrogen and oxygen atoms in total. The molecule has 0 saturated carbocycles. The second-order valence-electron chi connectivity index (χ2n) is 5.85. The Morgan fingerprint density at radius 1 is 1.00 bits per heavy atom. The molecule has 0 unspecified atom stereocenters. The number of hydrogen-bond acceptors (Lipinski definition) is 4. The molecule has 0 spiro atoms. The molecule has 1 aromatic heterocycles. The summed E-state index contributed by atoms with van der Waals surface area (Å²) in [5.41, 5.74) is 1.90. The van der Waals surface area contributed by atoms with Crippen molar-refractivity contribution in [3.8, 4) is 0 Å². The van der Waals surface area contributed by atoms with Crippen molar-refractivity contribution in [3.05, 3.63) is 83.8 Å². The van der Waals surface area contributed by atoms with Gasteiger partial charge in [-0.3, -0.25) is 0 Å². The van der Waals surface area contributed by atoms with Crippen molar-refractivity contribution in [1.29, 1.82) is 0 Å². The van der Waals surface area contributed by atoms with Gasteiger partial charge in [0.1, 0.15) is 11.6 Å². The van der Waals surface area contributed by atoms with Gasteiger partial charge in [0.25, 0.3) is 0 Å². The fourth-order valence-electron chi connectivity index (χ4n) is 2.59. The molecular weight excluding hydrogens is 315 g/mol. The maximum atomic E-state index is 13.6. The first-order valence-corrected chi connectivity index (χ1v) is 8.28. The number of halogens is 1. The third-order valence-electron chi connectivity index (χ3n) is 3.91. The van der Waals surface area contributed by atoms with Crippen molar-refractivity contribution in [1.82, 2.24) is 9.97 Å². The molecule has 0 amide bonds. The van der Waals surface area contributed by atoms with Crippen LogP contribution in [0.5, 0.6) is 0 Å². The highest BCUT2D eigenvalue weighted by Gasteiger charge is 2.06. The highest BCUT2D eigenvalue weighted by atomic mass is 19.1. The van der Waals surface area contributed by atoms with Crippen molar-refractivity contribution in [2.75, 3.05) is 23.8 Å². The van der Waals surface area contributed by atoms with Gasteiger partial charge in [0.05, 0.1) is 0 Å². The molecule has 0 fully saturated rings. The smallest absolute Gasteiger partial charge is 0.227 e. The van der Waals surface area contributed by atoms with Gasteiger partial charge in [-0.25, -0.2) is 9.37 Å². The van der Waals surface area contributed by atoms with Crippen molar-refractivity contribution in [2.24, 2.45) is 0 Å². The number of nitrogens with one attached hydrogen (secondary N) is 1. The first kappa shape index (κ1) is 16.9. The summed E-state index contributed by atoms with van der Waals surface area (Å²) in [5.74, 6) is 1.22. The lowest BCUT2D eigenvalue weighted by molar-refractivity contribution is 0.610. The van der Waals surface area contributed by atoms with Crippen LogP contribution < -0.4 is 10.2 Å². The quantitative estimate of drug-likeness (QED) is 0.710. The Morgan fingerprint density at radius 2 is 1.76 bits per heavy atom. The molecule has 1 N–H and O–H groups in total. The van der Waals surface area contributed by atoms with Crippen LogP contribution in [0.25, 0.3) is 0 Å². The summed E-state index contributed by atoms with van der Waals surface area (Å²) in [6, 6.07) is 18.8. The molecule has 0 aliphatic rings. The summed E-state index contributed by atoms with van der Waals surface area (Å²) >= 11 is 0. The summed E-state index contributed by atoms with van der Waals surface area (Å²) in [7, 11) is 1.96. The second kappa shape index (κ2) is 8.24. The van der Waals surface area contributed by atoms with Crippen LogP contribution in [-0.4, -0.2) is 23.6 Å². The number of aromatic nitrogens is 2. The lowest BCUT2D eigenvalue weighted by Gasteiger charge is -2.17. The number of benzene rings is 2. The number of hydrogen-bond donors (Lipinski definition) is 1. The van der Waals surface area contributed by atoms with Gasteiger partial charge in [-0.05, 0) is 29.7 Å². The minimum atomic E-state index is -0.171. The molecule has 3 aromatic rings. The Balaban J connectivity index is 1.58. The molecule has 5 heteroatoms. The third-order valence-corrected chi connectivity index (χ3v) is 3.91. The molecule has 128 valence electrons. The van der Waals surface area contributed by atoms with Crippen LogP contribution >= 0.6 is 0 Å². The predicted octanol–water partition coefficient (Wildman–Crippen LogP) is 3.91. The van der Waals surface area contributed by atoms with Crippen LogP contribution in [0, 0.1) is 5.82 Å². The first-order chi connectivity index (χ1) is 12.2. The Bertz CT molecular complexity index is 808. The van der Waals surface area contributed by atoms with Gasteiger partial charge in [-0.15, -0.1) is 0 Å². The third kappa shape index (κ3) is 4.76. The summed E-state index contributed by atoms with van der Waals surface area (Å²) in [6.07, 6.45) is 2.33. The van der Waals surface area contributed by atoms with Gasteiger partial charge in [-0.1, -0.05) is 48.5 Å². The molecule has 0 radical (unpaired) electrons. The van der Waals surface area contributed by atoms with E-state index in [0.717, 1.165) is 12.4 Å². The first-order valence-electron chi connectivity index (χ1n) is 8.28. The molecule has 3 rings (SSSR count). The van der Waals surface area contributed by atoms with Crippen LogP contribution in [0.1, 0.15) is 11.1 Å². The van der Waals surface area contributed by atoms with Crippen molar-refractivity contribution in [2.45, 2.75) is 13.0 Å². The van der Waals surface area contributed by atoms with Gasteiger partial charge in [0.15, 0.2) is 0 Å². The fraction of sp³-hybridized carbons (Fsp3) is 0.200. The van der Waals surface area contributed by atoms with Crippen LogP contribution in [0.4, 0.5) is 16.2 Å². The Hall–Kier alpha value is -2.95. The zero-order chi connectivity index (χ0) is 17.5. The SMILES string of the molecule is CN(Cc1ccccc1)c1nccc(NCCc2ccccc2F)n1. The van der Waals surface area contributed by atoms with Crippen LogP contribution in [-0.2, 0) is 13.0 Å². The summed E-state index contributed by atoms with van der Waals surface area (Å²) in [6.45, 7) is 1.35. The van der Waals surface area contributed by atoms with E-state index in [2.05, 4.69) is 27.4 Å². The van der Waals surface area contributed by atoms with E-state index in [4.69, 9.17) is 0 Å². The number of nitrogens with zero attached hydrogens (tertiary/aromatic N) is 3. The summed E-state index contributed by atoms with van der Waals surface area (Å²) in [5, 5.41) is 3.24. The number of rotatable bonds is 7. The van der Waals surface area contributed by atoms with E-state index < -0.39 is 0 Å². The van der Waals surface area contributed by atoms with Gasteiger partial charge < -0.3 is 10.2 Å². The summed E-state index contributed by atoms with van der Waals surface area (Å²) in [4.78, 5) is 10.9. The Morgan fingerprint density at radius 3 is 2.56 bits per heavy atom. The zero-order valence-corrected chi connectivity index (χ0v) is 14.2. The van der Waals surface area contributed by atoms with Gasteiger partial charge in [0, 0.05) is 26.3 Å². The van der Waals surface area contributed by atoms with E-state index in [9.17, 15) is 4.39 Å². The maximum absolute atomic E-state index is 13.6. The molecule has 0 bridgehead atoms. The van der Waals surface area contributed by atoms with Crippen LogP contribution in [0.3, 0.4) is 0 Å². The van der Waals surface area contributed by atoms with Crippen LogP contribution in [0.15, 0.2) is 66.9 Å². The van der Waals surface area contributed by atoms with E-state index in [1.807, 2.05) is 42.3 Å². The fourth-order valence-corrected chi connectivity index (χ4v) is 2.59. The monoisotopic (exact) mass is 336 g/mol. The minimum Gasteiger partial charge on any atom is -0.370 e. The largest absolute Gasteiger partial charge is 0.370 e. The Kier molecular flexibility index (Phi) is 5.57. The average Bonchev–Trinajstić information content (AvgIpc) is 2.64. The van der Waals surface area contributed by atoms with Crippen molar-refractivity contribution >= 4 is 11.8 Å². The van der Waals surface area contributed by atoms with Crippen molar-refractivity contribution < 1.29 is 4.39 Å².